The first-order valence-corrected chi connectivity index (χ1v) is 9.70. The molecule has 2 heterocycles. The first kappa shape index (κ1) is 20.1. The van der Waals surface area contributed by atoms with Gasteiger partial charge in [-0.05, 0) is 42.0 Å². The predicted octanol–water partition coefficient (Wildman–Crippen LogP) is 3.48. The number of ether oxygens (including phenoxy) is 1. The third-order valence-electron chi connectivity index (χ3n) is 4.79. The Labute approximate surface area is 180 Å². The second-order valence-electron chi connectivity index (χ2n) is 6.85. The van der Waals surface area contributed by atoms with E-state index in [1.807, 2.05) is 54.2 Å². The molecule has 31 heavy (non-hydrogen) atoms. The molecule has 2 aromatic carbocycles. The van der Waals surface area contributed by atoms with Gasteiger partial charge in [-0.25, -0.2) is 15.0 Å². The molecule has 2 aromatic heterocycles. The number of aromatic nitrogens is 4. The van der Waals surface area contributed by atoms with Crippen LogP contribution in [0.1, 0.15) is 27.8 Å². The van der Waals surface area contributed by atoms with Gasteiger partial charge in [0.2, 0.25) is 5.95 Å². The molecule has 1 atom stereocenters. The van der Waals surface area contributed by atoms with E-state index in [9.17, 15) is 4.79 Å². The molecule has 1 amide bonds. The fourth-order valence-corrected chi connectivity index (χ4v) is 3.19. The molecule has 0 aliphatic heterocycles. The lowest BCUT2D eigenvalue weighted by Crippen LogP contribution is -2.31. The van der Waals surface area contributed by atoms with Gasteiger partial charge in [0, 0.05) is 43.1 Å². The van der Waals surface area contributed by atoms with Crippen LogP contribution in [0.25, 0.3) is 0 Å². The monoisotopic (exact) mass is 414 g/mol. The molecular formula is C23H22N6O2. The van der Waals surface area contributed by atoms with Gasteiger partial charge in [-0.1, -0.05) is 18.2 Å². The minimum absolute atomic E-state index is 0.221. The number of nitrogens with one attached hydrogen (secondary N) is 2. The van der Waals surface area contributed by atoms with Crippen LogP contribution in [0.4, 0.5) is 11.6 Å². The lowest BCUT2D eigenvalue weighted by Gasteiger charge is -2.20. The van der Waals surface area contributed by atoms with E-state index in [1.54, 1.807) is 43.9 Å². The Bertz CT molecular complexity index is 1160. The Kier molecular flexibility index (Phi) is 5.89. The maximum atomic E-state index is 13.1. The standard InChI is InChI=1S/C23H22N6O2/c1-29-14-13-24-21(29)20(16-7-9-19(31-2)10-8-16)28-22(30)17-5-3-6-18(15-17)27-23-25-11-4-12-26-23/h3-15,20H,1-2H3,(H,28,30)(H,25,26,27). The molecule has 4 rings (SSSR count). The number of hydrogen-bond acceptors (Lipinski definition) is 6. The van der Waals surface area contributed by atoms with Gasteiger partial charge in [0.25, 0.3) is 5.91 Å². The van der Waals surface area contributed by atoms with Crippen LogP contribution in [0.3, 0.4) is 0 Å². The summed E-state index contributed by atoms with van der Waals surface area (Å²) in [6, 6.07) is 16.1. The first-order chi connectivity index (χ1) is 15.1. The quantitative estimate of drug-likeness (QED) is 0.481. The van der Waals surface area contributed by atoms with Gasteiger partial charge in [0.15, 0.2) is 0 Å². The van der Waals surface area contributed by atoms with Crippen LogP contribution in [-0.4, -0.2) is 32.5 Å². The minimum atomic E-state index is -0.424. The van der Waals surface area contributed by atoms with Crippen molar-refractivity contribution in [1.29, 1.82) is 0 Å². The summed E-state index contributed by atoms with van der Waals surface area (Å²) in [7, 11) is 3.52. The Hall–Kier alpha value is -4.20. The van der Waals surface area contributed by atoms with Crippen molar-refractivity contribution in [3.05, 3.63) is 96.3 Å². The number of imidazole rings is 1. The zero-order chi connectivity index (χ0) is 21.6. The van der Waals surface area contributed by atoms with Crippen LogP contribution in [0, 0.1) is 0 Å². The molecule has 0 spiro atoms. The van der Waals surface area contributed by atoms with Crippen molar-refractivity contribution in [3.63, 3.8) is 0 Å². The minimum Gasteiger partial charge on any atom is -0.497 e. The van der Waals surface area contributed by atoms with Gasteiger partial charge in [-0.15, -0.1) is 0 Å². The van der Waals surface area contributed by atoms with Crippen LogP contribution in [0.2, 0.25) is 0 Å². The SMILES string of the molecule is COc1ccc(C(NC(=O)c2cccc(Nc3ncccn3)c2)c2nccn2C)cc1. The average molecular weight is 414 g/mol. The molecule has 8 heteroatoms. The van der Waals surface area contributed by atoms with E-state index < -0.39 is 6.04 Å². The summed E-state index contributed by atoms with van der Waals surface area (Å²) in [4.78, 5) is 25.9. The summed E-state index contributed by atoms with van der Waals surface area (Å²) >= 11 is 0. The Morgan fingerprint density at radius 1 is 1.00 bits per heavy atom. The number of amides is 1. The van der Waals surface area contributed by atoms with Crippen LogP contribution in [-0.2, 0) is 7.05 Å². The third-order valence-corrected chi connectivity index (χ3v) is 4.79. The predicted molar refractivity (Wildman–Crippen MR) is 117 cm³/mol. The molecule has 156 valence electrons. The highest BCUT2D eigenvalue weighted by Gasteiger charge is 2.21. The number of hydrogen-bond donors (Lipinski definition) is 2. The van der Waals surface area contributed by atoms with Crippen molar-refractivity contribution in [2.24, 2.45) is 7.05 Å². The van der Waals surface area contributed by atoms with Crippen molar-refractivity contribution >= 4 is 17.5 Å². The van der Waals surface area contributed by atoms with E-state index in [0.29, 0.717) is 11.5 Å². The molecule has 0 saturated heterocycles. The van der Waals surface area contributed by atoms with Gasteiger partial charge in [0.05, 0.1) is 7.11 Å². The Morgan fingerprint density at radius 3 is 2.45 bits per heavy atom. The fraction of sp³-hybridized carbons (Fsp3) is 0.130. The van der Waals surface area contributed by atoms with Crippen LogP contribution in [0.5, 0.6) is 5.75 Å². The maximum absolute atomic E-state index is 13.1. The lowest BCUT2D eigenvalue weighted by atomic mass is 10.0. The van der Waals surface area contributed by atoms with E-state index in [4.69, 9.17) is 4.74 Å². The van der Waals surface area contributed by atoms with E-state index in [-0.39, 0.29) is 5.91 Å². The molecule has 0 bridgehead atoms. The van der Waals surface area contributed by atoms with Crippen molar-refractivity contribution in [2.45, 2.75) is 6.04 Å². The molecular weight excluding hydrogens is 392 g/mol. The third kappa shape index (κ3) is 4.69. The second kappa shape index (κ2) is 9.08. The molecule has 0 saturated carbocycles. The van der Waals surface area contributed by atoms with Gasteiger partial charge in [-0.2, -0.15) is 0 Å². The molecule has 1 unspecified atom stereocenters. The molecule has 0 aliphatic carbocycles. The fourth-order valence-electron chi connectivity index (χ4n) is 3.19. The molecule has 2 N–H and O–H groups in total. The van der Waals surface area contributed by atoms with E-state index in [0.717, 1.165) is 22.8 Å². The zero-order valence-electron chi connectivity index (χ0n) is 17.2. The summed E-state index contributed by atoms with van der Waals surface area (Å²) < 4.78 is 7.14. The van der Waals surface area contributed by atoms with E-state index >= 15 is 0 Å². The highest BCUT2D eigenvalue weighted by atomic mass is 16.5. The van der Waals surface area contributed by atoms with E-state index in [1.165, 1.54) is 0 Å². The normalized spacial score (nSPS) is 11.5. The van der Waals surface area contributed by atoms with Gasteiger partial charge in [0.1, 0.15) is 17.6 Å². The lowest BCUT2D eigenvalue weighted by molar-refractivity contribution is 0.0941. The number of carbonyl (C=O) groups is 1. The number of nitrogens with zero attached hydrogens (tertiary/aromatic N) is 4. The number of anilines is 2. The topological polar surface area (TPSA) is 94.0 Å². The molecule has 8 nitrogen and oxygen atoms in total. The Balaban J connectivity index is 1.59. The van der Waals surface area contributed by atoms with Crippen molar-refractivity contribution in [2.75, 3.05) is 12.4 Å². The van der Waals surface area contributed by atoms with Crippen molar-refractivity contribution < 1.29 is 9.53 Å². The number of carbonyl (C=O) groups excluding carboxylic acids is 1. The summed E-state index contributed by atoms with van der Waals surface area (Å²) in [5.41, 5.74) is 2.13. The van der Waals surface area contributed by atoms with Gasteiger partial charge < -0.3 is 19.9 Å². The largest absolute Gasteiger partial charge is 0.497 e. The zero-order valence-corrected chi connectivity index (χ0v) is 17.2. The van der Waals surface area contributed by atoms with Crippen LogP contribution < -0.4 is 15.4 Å². The molecule has 0 aliphatic rings. The highest BCUT2D eigenvalue weighted by Crippen LogP contribution is 2.24. The summed E-state index contributed by atoms with van der Waals surface area (Å²) in [5.74, 6) is 1.71. The molecule has 4 aromatic rings. The van der Waals surface area contributed by atoms with Crippen LogP contribution in [0.15, 0.2) is 79.4 Å². The van der Waals surface area contributed by atoms with Crippen LogP contribution >= 0.6 is 0 Å². The average Bonchev–Trinajstić information content (AvgIpc) is 3.24. The van der Waals surface area contributed by atoms with Crippen molar-refractivity contribution in [1.82, 2.24) is 24.8 Å². The second-order valence-corrected chi connectivity index (χ2v) is 6.85. The highest BCUT2D eigenvalue weighted by molar-refractivity contribution is 5.95. The summed E-state index contributed by atoms with van der Waals surface area (Å²) in [6.45, 7) is 0. The summed E-state index contributed by atoms with van der Waals surface area (Å²) in [5, 5.41) is 6.20. The number of aryl methyl sites for hydroxylation is 1. The van der Waals surface area contributed by atoms with Crippen molar-refractivity contribution in [3.8, 4) is 5.75 Å². The number of benzene rings is 2. The van der Waals surface area contributed by atoms with Gasteiger partial charge in [-0.3, -0.25) is 4.79 Å². The van der Waals surface area contributed by atoms with Gasteiger partial charge >= 0.3 is 0 Å². The number of methoxy groups -OCH3 is 1. The maximum Gasteiger partial charge on any atom is 0.252 e. The van der Waals surface area contributed by atoms with E-state index in [2.05, 4.69) is 25.6 Å². The first-order valence-electron chi connectivity index (χ1n) is 9.70. The molecule has 0 fully saturated rings. The Morgan fingerprint density at radius 2 is 1.77 bits per heavy atom. The number of rotatable bonds is 7. The molecule has 0 radical (unpaired) electrons. The smallest absolute Gasteiger partial charge is 0.252 e. The summed E-state index contributed by atoms with van der Waals surface area (Å²) in [6.07, 6.45) is 6.86.